The zero-order valence-corrected chi connectivity index (χ0v) is 13.8. The zero-order valence-electron chi connectivity index (χ0n) is 12.2. The van der Waals surface area contributed by atoms with Gasteiger partial charge in [-0.25, -0.2) is 9.78 Å². The molecule has 0 amide bonds. The summed E-state index contributed by atoms with van der Waals surface area (Å²) in [5.41, 5.74) is 3.38. The van der Waals surface area contributed by atoms with E-state index >= 15 is 0 Å². The van der Waals surface area contributed by atoms with Gasteiger partial charge in [0.1, 0.15) is 0 Å². The van der Waals surface area contributed by atoms with Crippen molar-refractivity contribution in [3.63, 3.8) is 0 Å². The van der Waals surface area contributed by atoms with E-state index in [1.807, 2.05) is 41.8 Å². The molecule has 3 nitrogen and oxygen atoms in total. The Balaban J connectivity index is 1.66. The van der Waals surface area contributed by atoms with Crippen molar-refractivity contribution < 1.29 is 9.90 Å². The number of aromatic carboxylic acids is 1. The summed E-state index contributed by atoms with van der Waals surface area (Å²) in [4.78, 5) is 15.5. The molecule has 1 N–H and O–H groups in total. The highest BCUT2D eigenvalue weighted by Gasteiger charge is 2.06. The maximum absolute atomic E-state index is 10.8. The van der Waals surface area contributed by atoms with Gasteiger partial charge in [-0.3, -0.25) is 0 Å². The van der Waals surface area contributed by atoms with Gasteiger partial charge in [-0.05, 0) is 36.2 Å². The molecule has 0 fully saturated rings. The molecule has 1 heterocycles. The van der Waals surface area contributed by atoms with Crippen LogP contribution in [0.2, 0.25) is 5.02 Å². The van der Waals surface area contributed by atoms with Crippen molar-refractivity contribution in [3.05, 3.63) is 75.1 Å². The summed E-state index contributed by atoms with van der Waals surface area (Å²) >= 11 is 7.64. The quantitative estimate of drug-likeness (QED) is 0.713. The van der Waals surface area contributed by atoms with Gasteiger partial charge < -0.3 is 5.11 Å². The van der Waals surface area contributed by atoms with Gasteiger partial charge in [0.25, 0.3) is 0 Å². The number of hydrogen-bond acceptors (Lipinski definition) is 3. The fourth-order valence-electron chi connectivity index (χ4n) is 2.27. The molecule has 23 heavy (non-hydrogen) atoms. The Morgan fingerprint density at radius 1 is 1.13 bits per heavy atom. The first kappa shape index (κ1) is 15.7. The number of rotatable bonds is 5. The second-order valence-electron chi connectivity index (χ2n) is 5.14. The summed E-state index contributed by atoms with van der Waals surface area (Å²) in [7, 11) is 0. The van der Waals surface area contributed by atoms with Crippen molar-refractivity contribution in [2.45, 2.75) is 12.8 Å². The van der Waals surface area contributed by atoms with Crippen LogP contribution >= 0.6 is 22.9 Å². The molecule has 0 bridgehead atoms. The summed E-state index contributed by atoms with van der Waals surface area (Å²) in [5.74, 6) is -0.900. The molecular formula is C18H14ClNO2S. The summed E-state index contributed by atoms with van der Waals surface area (Å²) in [6, 6.07) is 14.7. The molecule has 3 rings (SSSR count). The third-order valence-electron chi connectivity index (χ3n) is 3.50. The molecule has 0 aliphatic rings. The Hall–Kier alpha value is -2.17. The SMILES string of the molecule is O=C(O)c1ccc(CCc2nc(-c3cccc(Cl)c3)cs2)cc1. The van der Waals surface area contributed by atoms with E-state index in [0.29, 0.717) is 10.6 Å². The topological polar surface area (TPSA) is 50.2 Å². The molecule has 0 aliphatic carbocycles. The summed E-state index contributed by atoms with van der Waals surface area (Å²) in [6.07, 6.45) is 1.67. The number of aryl methyl sites for hydroxylation is 2. The molecule has 0 saturated heterocycles. The number of nitrogens with zero attached hydrogens (tertiary/aromatic N) is 1. The molecule has 0 unspecified atom stereocenters. The van der Waals surface area contributed by atoms with Gasteiger partial charge >= 0.3 is 5.97 Å². The molecule has 0 saturated carbocycles. The highest BCUT2D eigenvalue weighted by molar-refractivity contribution is 7.09. The first-order valence-electron chi connectivity index (χ1n) is 7.14. The van der Waals surface area contributed by atoms with E-state index in [4.69, 9.17) is 16.7 Å². The van der Waals surface area contributed by atoms with Crippen LogP contribution in [-0.2, 0) is 12.8 Å². The molecule has 0 atom stereocenters. The molecule has 5 heteroatoms. The van der Waals surface area contributed by atoms with Crippen LogP contribution in [0.25, 0.3) is 11.3 Å². The monoisotopic (exact) mass is 343 g/mol. The van der Waals surface area contributed by atoms with Gasteiger partial charge in [0.05, 0.1) is 16.3 Å². The van der Waals surface area contributed by atoms with E-state index in [2.05, 4.69) is 4.98 Å². The Kier molecular flexibility index (Phi) is 4.74. The van der Waals surface area contributed by atoms with Gasteiger partial charge in [-0.1, -0.05) is 35.9 Å². The van der Waals surface area contributed by atoms with Crippen molar-refractivity contribution in [2.75, 3.05) is 0 Å². The largest absolute Gasteiger partial charge is 0.478 e. The summed E-state index contributed by atoms with van der Waals surface area (Å²) in [6.45, 7) is 0. The molecule has 2 aromatic carbocycles. The lowest BCUT2D eigenvalue weighted by Crippen LogP contribution is -1.97. The first-order valence-corrected chi connectivity index (χ1v) is 8.40. The number of hydrogen-bond donors (Lipinski definition) is 1. The minimum atomic E-state index is -0.900. The number of carboxylic acid groups (broad SMARTS) is 1. The number of carboxylic acids is 1. The lowest BCUT2D eigenvalue weighted by Gasteiger charge is -2.00. The van der Waals surface area contributed by atoms with Crippen LogP contribution in [0.3, 0.4) is 0 Å². The third-order valence-corrected chi connectivity index (χ3v) is 4.64. The fraction of sp³-hybridized carbons (Fsp3) is 0.111. The smallest absolute Gasteiger partial charge is 0.335 e. The molecule has 0 spiro atoms. The fourth-order valence-corrected chi connectivity index (χ4v) is 3.27. The van der Waals surface area contributed by atoms with Gasteiger partial charge in [-0.2, -0.15) is 0 Å². The Labute approximate surface area is 143 Å². The van der Waals surface area contributed by atoms with Gasteiger partial charge in [-0.15, -0.1) is 11.3 Å². The molecule has 0 aliphatic heterocycles. The van der Waals surface area contributed by atoms with Crippen molar-refractivity contribution in [3.8, 4) is 11.3 Å². The lowest BCUT2D eigenvalue weighted by atomic mass is 10.1. The number of carbonyl (C=O) groups is 1. The lowest BCUT2D eigenvalue weighted by molar-refractivity contribution is 0.0697. The second-order valence-corrected chi connectivity index (χ2v) is 6.52. The van der Waals surface area contributed by atoms with E-state index in [9.17, 15) is 4.79 Å². The number of thiazole rings is 1. The average molecular weight is 344 g/mol. The van der Waals surface area contributed by atoms with Crippen LogP contribution in [-0.4, -0.2) is 16.1 Å². The van der Waals surface area contributed by atoms with Crippen LogP contribution in [0.4, 0.5) is 0 Å². The van der Waals surface area contributed by atoms with E-state index in [1.54, 1.807) is 23.5 Å². The van der Waals surface area contributed by atoms with E-state index < -0.39 is 5.97 Å². The predicted molar refractivity (Wildman–Crippen MR) is 93.4 cm³/mol. The van der Waals surface area contributed by atoms with Crippen molar-refractivity contribution in [1.29, 1.82) is 0 Å². The molecular weight excluding hydrogens is 330 g/mol. The number of aromatic nitrogens is 1. The summed E-state index contributed by atoms with van der Waals surface area (Å²) < 4.78 is 0. The Morgan fingerprint density at radius 3 is 2.61 bits per heavy atom. The standard InChI is InChI=1S/C18H14ClNO2S/c19-15-3-1-2-14(10-15)16-11-23-17(20-16)9-6-12-4-7-13(8-5-12)18(21)22/h1-5,7-8,10-11H,6,9H2,(H,21,22). The highest BCUT2D eigenvalue weighted by atomic mass is 35.5. The number of halogens is 1. The van der Waals surface area contributed by atoms with Crippen molar-refractivity contribution in [1.82, 2.24) is 4.98 Å². The minimum Gasteiger partial charge on any atom is -0.478 e. The second kappa shape index (κ2) is 6.94. The summed E-state index contributed by atoms with van der Waals surface area (Å²) in [5, 5.41) is 12.7. The molecule has 1 aromatic heterocycles. The average Bonchev–Trinajstić information content (AvgIpc) is 3.02. The normalized spacial score (nSPS) is 10.7. The molecule has 116 valence electrons. The Morgan fingerprint density at radius 2 is 1.91 bits per heavy atom. The maximum atomic E-state index is 10.8. The molecule has 0 radical (unpaired) electrons. The molecule has 3 aromatic rings. The van der Waals surface area contributed by atoms with Crippen LogP contribution in [0, 0.1) is 0 Å². The Bertz CT molecular complexity index is 827. The van der Waals surface area contributed by atoms with Crippen molar-refractivity contribution >= 4 is 28.9 Å². The highest BCUT2D eigenvalue weighted by Crippen LogP contribution is 2.25. The van der Waals surface area contributed by atoms with Crippen LogP contribution in [0.15, 0.2) is 53.9 Å². The van der Waals surface area contributed by atoms with Crippen LogP contribution in [0.5, 0.6) is 0 Å². The van der Waals surface area contributed by atoms with E-state index in [-0.39, 0.29) is 0 Å². The van der Waals surface area contributed by atoms with E-state index in [0.717, 1.165) is 34.7 Å². The zero-order chi connectivity index (χ0) is 16.2. The van der Waals surface area contributed by atoms with E-state index in [1.165, 1.54) is 0 Å². The van der Waals surface area contributed by atoms with Crippen LogP contribution < -0.4 is 0 Å². The van der Waals surface area contributed by atoms with Gasteiger partial charge in [0, 0.05) is 22.4 Å². The van der Waals surface area contributed by atoms with Gasteiger partial charge in [0.15, 0.2) is 0 Å². The van der Waals surface area contributed by atoms with Crippen LogP contribution in [0.1, 0.15) is 20.9 Å². The van der Waals surface area contributed by atoms with Gasteiger partial charge in [0.2, 0.25) is 0 Å². The predicted octanol–water partition coefficient (Wildman–Crippen LogP) is 4.95. The first-order chi connectivity index (χ1) is 11.1. The third kappa shape index (κ3) is 3.97. The van der Waals surface area contributed by atoms with Crippen molar-refractivity contribution in [2.24, 2.45) is 0 Å². The number of benzene rings is 2. The minimum absolute atomic E-state index is 0.311. The maximum Gasteiger partial charge on any atom is 0.335 e.